The van der Waals surface area contributed by atoms with E-state index in [0.29, 0.717) is 23.5 Å². The lowest BCUT2D eigenvalue weighted by Gasteiger charge is -2.36. The molecule has 0 radical (unpaired) electrons. The van der Waals surface area contributed by atoms with Crippen LogP contribution < -0.4 is 10.2 Å². The van der Waals surface area contributed by atoms with Gasteiger partial charge in [-0.1, -0.05) is 23.9 Å². The number of para-hydroxylation sites is 1. The van der Waals surface area contributed by atoms with Crippen LogP contribution >= 0.6 is 11.8 Å². The Labute approximate surface area is 205 Å². The summed E-state index contributed by atoms with van der Waals surface area (Å²) >= 11 is 1.40. The van der Waals surface area contributed by atoms with Gasteiger partial charge in [-0.15, -0.1) is 0 Å². The summed E-state index contributed by atoms with van der Waals surface area (Å²) in [7, 11) is 0. The quantitative estimate of drug-likeness (QED) is 0.343. The number of nitrogens with zero attached hydrogens (tertiary/aromatic N) is 1. The maximum Gasteiger partial charge on any atom is 0.416 e. The van der Waals surface area contributed by atoms with Crippen LogP contribution in [0.3, 0.4) is 0 Å². The third-order valence-electron chi connectivity index (χ3n) is 6.20. The maximum absolute atomic E-state index is 13.4. The number of β-amino-alcohol motifs (C(OH)–C–C–N with tert-alkyl or cyclic N) is 1. The fourth-order valence-electron chi connectivity index (χ4n) is 4.39. The fourth-order valence-corrected chi connectivity index (χ4v) is 5.46. The lowest BCUT2D eigenvalue weighted by molar-refractivity contribution is -0.180. The molecular formula is C24H29F3N2O5S. The molecule has 5 atom stereocenters. The van der Waals surface area contributed by atoms with E-state index in [1.807, 2.05) is 24.3 Å². The predicted molar refractivity (Wildman–Crippen MR) is 125 cm³/mol. The van der Waals surface area contributed by atoms with E-state index in [1.165, 1.54) is 17.8 Å². The molecule has 11 heteroatoms. The van der Waals surface area contributed by atoms with E-state index in [9.17, 15) is 33.6 Å². The normalized spacial score (nSPS) is 25.2. The maximum atomic E-state index is 13.4. The van der Waals surface area contributed by atoms with E-state index < -0.39 is 42.8 Å². The third-order valence-corrected chi connectivity index (χ3v) is 7.33. The summed E-state index contributed by atoms with van der Waals surface area (Å²) in [6, 6.07) is 11.0. The SMILES string of the molecule is OC[C@H]1O[C@H](CCNCC(O)CN2c3ccccc3Sc3ccc(C(F)(F)F)cc32)C[C@@H](O)[C@@H]1O. The Morgan fingerprint density at radius 3 is 2.60 bits per heavy atom. The molecule has 0 saturated carbocycles. The number of rotatable bonds is 8. The van der Waals surface area contributed by atoms with Crippen LogP contribution in [0.4, 0.5) is 24.5 Å². The van der Waals surface area contributed by atoms with E-state index in [1.54, 1.807) is 4.90 Å². The van der Waals surface area contributed by atoms with Crippen molar-refractivity contribution < 1.29 is 38.3 Å². The minimum Gasteiger partial charge on any atom is -0.394 e. The lowest BCUT2D eigenvalue weighted by atomic mass is 9.96. The van der Waals surface area contributed by atoms with Crippen LogP contribution in [0.2, 0.25) is 0 Å². The zero-order valence-corrected chi connectivity index (χ0v) is 19.7. The summed E-state index contributed by atoms with van der Waals surface area (Å²) < 4.78 is 45.7. The second kappa shape index (κ2) is 11.0. The van der Waals surface area contributed by atoms with Crippen molar-refractivity contribution in [2.75, 3.05) is 31.1 Å². The summed E-state index contributed by atoms with van der Waals surface area (Å²) in [5.74, 6) is 0. The molecule has 2 aromatic carbocycles. The summed E-state index contributed by atoms with van der Waals surface area (Å²) in [6.07, 6.45) is -7.91. The summed E-state index contributed by atoms with van der Waals surface area (Å²) in [4.78, 5) is 3.30. The van der Waals surface area contributed by atoms with Crippen LogP contribution in [0.25, 0.3) is 0 Å². The molecule has 0 bridgehead atoms. The molecule has 2 aliphatic rings. The third kappa shape index (κ3) is 6.11. The monoisotopic (exact) mass is 514 g/mol. The molecule has 7 nitrogen and oxygen atoms in total. The number of hydrogen-bond donors (Lipinski definition) is 5. The topological polar surface area (TPSA) is 105 Å². The number of ether oxygens (including phenoxy) is 1. The molecule has 1 unspecified atom stereocenters. The van der Waals surface area contributed by atoms with Gasteiger partial charge in [0.05, 0.1) is 48.4 Å². The molecule has 0 aliphatic carbocycles. The van der Waals surface area contributed by atoms with Crippen molar-refractivity contribution >= 4 is 23.1 Å². The van der Waals surface area contributed by atoms with Crippen molar-refractivity contribution in [3.05, 3.63) is 48.0 Å². The zero-order chi connectivity index (χ0) is 25.2. The van der Waals surface area contributed by atoms with E-state index in [4.69, 9.17) is 4.74 Å². The Bertz CT molecular complexity index is 1010. The number of halogens is 3. The van der Waals surface area contributed by atoms with Crippen molar-refractivity contribution in [2.45, 2.75) is 59.3 Å². The number of hydrogen-bond acceptors (Lipinski definition) is 8. The highest BCUT2D eigenvalue weighted by Gasteiger charge is 2.36. The zero-order valence-electron chi connectivity index (χ0n) is 18.9. The van der Waals surface area contributed by atoms with Crippen LogP contribution in [0, 0.1) is 0 Å². The van der Waals surface area contributed by atoms with Gasteiger partial charge in [0.25, 0.3) is 0 Å². The molecule has 2 aromatic rings. The molecule has 5 N–H and O–H groups in total. The molecule has 2 aliphatic heterocycles. The summed E-state index contributed by atoms with van der Waals surface area (Å²) in [6.45, 7) is 0.343. The Morgan fingerprint density at radius 2 is 1.86 bits per heavy atom. The Balaban J connectivity index is 1.38. The number of benzene rings is 2. The second-order valence-corrected chi connectivity index (χ2v) is 9.86. The van der Waals surface area contributed by atoms with Gasteiger partial charge in [0.15, 0.2) is 0 Å². The number of alkyl halides is 3. The number of anilines is 2. The first-order valence-corrected chi connectivity index (χ1v) is 12.3. The highest BCUT2D eigenvalue weighted by Crippen LogP contribution is 2.49. The van der Waals surface area contributed by atoms with Gasteiger partial charge in [-0.05, 0) is 43.3 Å². The van der Waals surface area contributed by atoms with Gasteiger partial charge in [-0.2, -0.15) is 13.2 Å². The van der Waals surface area contributed by atoms with Crippen molar-refractivity contribution in [2.24, 2.45) is 0 Å². The van der Waals surface area contributed by atoms with Gasteiger partial charge in [0.1, 0.15) is 12.2 Å². The molecule has 1 fully saturated rings. The van der Waals surface area contributed by atoms with Crippen LogP contribution in [0.15, 0.2) is 52.3 Å². The molecule has 0 amide bonds. The van der Waals surface area contributed by atoms with Gasteiger partial charge >= 0.3 is 6.18 Å². The van der Waals surface area contributed by atoms with Crippen LogP contribution in [0.1, 0.15) is 18.4 Å². The molecule has 35 heavy (non-hydrogen) atoms. The summed E-state index contributed by atoms with van der Waals surface area (Å²) in [5, 5.41) is 42.8. The first-order valence-electron chi connectivity index (χ1n) is 11.4. The molecule has 0 aromatic heterocycles. The number of aliphatic hydroxyl groups is 4. The molecule has 4 rings (SSSR count). The molecule has 192 valence electrons. The van der Waals surface area contributed by atoms with Gasteiger partial charge in [0.2, 0.25) is 0 Å². The summed E-state index contributed by atoms with van der Waals surface area (Å²) in [5.41, 5.74) is 0.400. The smallest absolute Gasteiger partial charge is 0.394 e. The Kier molecular flexibility index (Phi) is 8.26. The predicted octanol–water partition coefficient (Wildman–Crippen LogP) is 2.52. The first kappa shape index (κ1) is 26.2. The second-order valence-electron chi connectivity index (χ2n) is 8.78. The highest BCUT2D eigenvalue weighted by atomic mass is 32.2. The fraction of sp³-hybridized carbons (Fsp3) is 0.500. The molecule has 2 heterocycles. The van der Waals surface area contributed by atoms with Crippen molar-refractivity contribution in [3.63, 3.8) is 0 Å². The number of nitrogens with one attached hydrogen (secondary N) is 1. The number of aliphatic hydroxyl groups excluding tert-OH is 4. The standard InChI is InChI=1S/C24H29F3N2O5S/c25-24(26,27)14-5-6-22-18(9-14)29(17-3-1-2-4-21(17)35-22)12-15(31)11-28-8-7-16-10-19(32)23(33)20(13-30)34-16/h1-6,9,15-16,19-20,23,28,30-33H,7-8,10-13H2/t15?,16-,19-,20-,23+/m1/s1. The molecular weight excluding hydrogens is 485 g/mol. The largest absolute Gasteiger partial charge is 0.416 e. The Hall–Kier alpha value is -1.86. The molecule has 0 spiro atoms. The van der Waals surface area contributed by atoms with Crippen LogP contribution in [-0.4, -0.2) is 77.2 Å². The van der Waals surface area contributed by atoms with Crippen molar-refractivity contribution in [3.8, 4) is 0 Å². The van der Waals surface area contributed by atoms with Crippen molar-refractivity contribution in [1.29, 1.82) is 0 Å². The minimum atomic E-state index is -4.47. The average molecular weight is 515 g/mol. The van der Waals surface area contributed by atoms with E-state index in [0.717, 1.165) is 22.7 Å². The van der Waals surface area contributed by atoms with E-state index in [-0.39, 0.29) is 25.6 Å². The lowest BCUT2D eigenvalue weighted by Crippen LogP contribution is -2.50. The van der Waals surface area contributed by atoms with E-state index >= 15 is 0 Å². The highest BCUT2D eigenvalue weighted by molar-refractivity contribution is 7.99. The van der Waals surface area contributed by atoms with Crippen molar-refractivity contribution in [1.82, 2.24) is 5.32 Å². The van der Waals surface area contributed by atoms with Gasteiger partial charge in [-0.25, -0.2) is 0 Å². The van der Waals surface area contributed by atoms with Crippen LogP contribution in [-0.2, 0) is 10.9 Å². The van der Waals surface area contributed by atoms with Gasteiger partial charge in [-0.3, -0.25) is 0 Å². The van der Waals surface area contributed by atoms with Gasteiger partial charge < -0.3 is 35.4 Å². The first-order chi connectivity index (χ1) is 16.7. The van der Waals surface area contributed by atoms with Gasteiger partial charge in [0, 0.05) is 22.8 Å². The minimum absolute atomic E-state index is 0.0936. The van der Waals surface area contributed by atoms with Crippen LogP contribution in [0.5, 0.6) is 0 Å². The molecule has 1 saturated heterocycles. The average Bonchev–Trinajstić information content (AvgIpc) is 2.82. The Morgan fingerprint density at radius 1 is 1.11 bits per heavy atom. The van der Waals surface area contributed by atoms with E-state index in [2.05, 4.69) is 5.32 Å². The number of fused-ring (bicyclic) bond motifs is 2.